The van der Waals surface area contributed by atoms with Crippen molar-refractivity contribution >= 4 is 11.8 Å². The molecule has 26 heavy (non-hydrogen) atoms. The predicted molar refractivity (Wildman–Crippen MR) is 108 cm³/mol. The zero-order valence-electron chi connectivity index (χ0n) is 14.6. The standard InChI is InChI=1S/C23H23NO2/c24-23-16-18(11-14-22(23)20-7-2-1-3-8-20)6-4-5-15-26-21-12-9-19(17-25)10-13-21/h1-4,6-14,16,25H,5,15,17,24H2. The van der Waals surface area contributed by atoms with E-state index in [1.807, 2.05) is 48.5 Å². The molecule has 3 aromatic carbocycles. The summed E-state index contributed by atoms with van der Waals surface area (Å²) in [4.78, 5) is 0. The molecule has 0 heterocycles. The average Bonchev–Trinajstić information content (AvgIpc) is 2.69. The minimum absolute atomic E-state index is 0.0508. The molecule has 0 saturated heterocycles. The highest BCUT2D eigenvalue weighted by Crippen LogP contribution is 2.26. The highest BCUT2D eigenvalue weighted by molar-refractivity contribution is 5.78. The van der Waals surface area contributed by atoms with E-state index in [0.29, 0.717) is 6.61 Å². The van der Waals surface area contributed by atoms with Gasteiger partial charge in [0.25, 0.3) is 0 Å². The Morgan fingerprint density at radius 3 is 2.38 bits per heavy atom. The second-order valence-corrected chi connectivity index (χ2v) is 6.05. The first-order valence-electron chi connectivity index (χ1n) is 8.70. The van der Waals surface area contributed by atoms with E-state index < -0.39 is 0 Å². The van der Waals surface area contributed by atoms with E-state index in [9.17, 15) is 0 Å². The van der Waals surface area contributed by atoms with Crippen LogP contribution >= 0.6 is 0 Å². The third-order valence-corrected chi connectivity index (χ3v) is 4.13. The summed E-state index contributed by atoms with van der Waals surface area (Å²) in [5.41, 5.74) is 11.1. The molecule has 0 unspecified atom stereocenters. The van der Waals surface area contributed by atoms with E-state index in [4.69, 9.17) is 15.6 Å². The number of aliphatic hydroxyl groups excluding tert-OH is 1. The van der Waals surface area contributed by atoms with Crippen LogP contribution in [-0.4, -0.2) is 11.7 Å². The minimum atomic E-state index is 0.0508. The topological polar surface area (TPSA) is 55.5 Å². The van der Waals surface area contributed by atoms with Gasteiger partial charge in [0.1, 0.15) is 5.75 Å². The van der Waals surface area contributed by atoms with Crippen LogP contribution in [0.15, 0.2) is 78.9 Å². The van der Waals surface area contributed by atoms with Crippen molar-refractivity contribution in [2.75, 3.05) is 12.3 Å². The van der Waals surface area contributed by atoms with Crippen LogP contribution in [0.4, 0.5) is 5.69 Å². The second kappa shape index (κ2) is 8.88. The van der Waals surface area contributed by atoms with Gasteiger partial charge in [-0.2, -0.15) is 0 Å². The van der Waals surface area contributed by atoms with E-state index in [1.165, 1.54) is 0 Å². The van der Waals surface area contributed by atoms with Gasteiger partial charge in [0.05, 0.1) is 13.2 Å². The molecule has 0 aliphatic heterocycles. The van der Waals surface area contributed by atoms with E-state index >= 15 is 0 Å². The molecular formula is C23H23NO2. The molecule has 0 atom stereocenters. The molecule has 0 radical (unpaired) electrons. The Bertz CT molecular complexity index is 855. The Hall–Kier alpha value is -3.04. The van der Waals surface area contributed by atoms with E-state index in [1.54, 1.807) is 0 Å². The van der Waals surface area contributed by atoms with Crippen molar-refractivity contribution in [3.05, 3.63) is 90.0 Å². The maximum Gasteiger partial charge on any atom is 0.119 e. The summed E-state index contributed by atoms with van der Waals surface area (Å²) < 4.78 is 5.69. The molecule has 0 spiro atoms. The fourth-order valence-corrected chi connectivity index (χ4v) is 2.72. The Morgan fingerprint density at radius 2 is 1.69 bits per heavy atom. The molecular weight excluding hydrogens is 322 g/mol. The molecule has 3 heteroatoms. The van der Waals surface area contributed by atoms with Crippen LogP contribution in [0.2, 0.25) is 0 Å². The highest BCUT2D eigenvalue weighted by Gasteiger charge is 2.02. The molecule has 0 bridgehead atoms. The van der Waals surface area contributed by atoms with Gasteiger partial charge in [-0.1, -0.05) is 66.7 Å². The fourth-order valence-electron chi connectivity index (χ4n) is 2.72. The van der Waals surface area contributed by atoms with Crippen molar-refractivity contribution in [2.45, 2.75) is 13.0 Å². The average molecular weight is 345 g/mol. The van der Waals surface area contributed by atoms with Crippen molar-refractivity contribution < 1.29 is 9.84 Å². The van der Waals surface area contributed by atoms with Gasteiger partial charge in [0.15, 0.2) is 0 Å². The molecule has 132 valence electrons. The number of rotatable bonds is 7. The summed E-state index contributed by atoms with van der Waals surface area (Å²) in [5, 5.41) is 9.03. The van der Waals surface area contributed by atoms with Crippen molar-refractivity contribution in [3.63, 3.8) is 0 Å². The van der Waals surface area contributed by atoms with E-state index in [-0.39, 0.29) is 6.61 Å². The molecule has 3 aromatic rings. The van der Waals surface area contributed by atoms with Crippen molar-refractivity contribution in [2.24, 2.45) is 0 Å². The van der Waals surface area contributed by atoms with Crippen LogP contribution in [0.25, 0.3) is 17.2 Å². The largest absolute Gasteiger partial charge is 0.493 e. The van der Waals surface area contributed by atoms with Gasteiger partial charge in [-0.15, -0.1) is 0 Å². The van der Waals surface area contributed by atoms with Crippen LogP contribution in [0.1, 0.15) is 17.5 Å². The number of ether oxygens (including phenoxy) is 1. The maximum atomic E-state index is 9.03. The summed E-state index contributed by atoms with van der Waals surface area (Å²) in [5.74, 6) is 0.812. The van der Waals surface area contributed by atoms with Crippen LogP contribution in [0.3, 0.4) is 0 Å². The molecule has 0 aromatic heterocycles. The lowest BCUT2D eigenvalue weighted by atomic mass is 10.0. The Labute approximate surface area is 154 Å². The van der Waals surface area contributed by atoms with Crippen LogP contribution in [0, 0.1) is 0 Å². The van der Waals surface area contributed by atoms with Gasteiger partial charge in [0, 0.05) is 11.3 Å². The van der Waals surface area contributed by atoms with Crippen molar-refractivity contribution in [3.8, 4) is 16.9 Å². The SMILES string of the molecule is Nc1cc(C=CCCOc2ccc(CO)cc2)ccc1-c1ccccc1. The van der Waals surface area contributed by atoms with Gasteiger partial charge in [0.2, 0.25) is 0 Å². The predicted octanol–water partition coefficient (Wildman–Crippen LogP) is 4.91. The Kier molecular flexibility index (Phi) is 6.07. The monoisotopic (exact) mass is 345 g/mol. The zero-order chi connectivity index (χ0) is 18.2. The maximum absolute atomic E-state index is 9.03. The number of nitrogen functional groups attached to an aromatic ring is 1. The fraction of sp³-hybridized carbons (Fsp3) is 0.130. The lowest BCUT2D eigenvalue weighted by Gasteiger charge is -2.07. The number of hydrogen-bond donors (Lipinski definition) is 2. The molecule has 0 fully saturated rings. The van der Waals surface area contributed by atoms with Gasteiger partial charge in [-0.25, -0.2) is 0 Å². The quantitative estimate of drug-likeness (QED) is 0.472. The summed E-state index contributed by atoms with van der Waals surface area (Å²) in [6.07, 6.45) is 4.95. The second-order valence-electron chi connectivity index (χ2n) is 6.05. The number of aliphatic hydroxyl groups is 1. The minimum Gasteiger partial charge on any atom is -0.493 e. The summed E-state index contributed by atoms with van der Waals surface area (Å²) >= 11 is 0. The van der Waals surface area contributed by atoms with Gasteiger partial charge >= 0.3 is 0 Å². The first-order valence-corrected chi connectivity index (χ1v) is 8.70. The molecule has 0 saturated carbocycles. The number of anilines is 1. The Morgan fingerprint density at radius 1 is 0.923 bits per heavy atom. The van der Waals surface area contributed by atoms with Crippen molar-refractivity contribution in [1.29, 1.82) is 0 Å². The molecule has 0 amide bonds. The zero-order valence-corrected chi connectivity index (χ0v) is 14.6. The van der Waals surface area contributed by atoms with Crippen LogP contribution < -0.4 is 10.5 Å². The molecule has 0 aliphatic rings. The van der Waals surface area contributed by atoms with Crippen LogP contribution in [0.5, 0.6) is 5.75 Å². The van der Waals surface area contributed by atoms with E-state index in [2.05, 4.69) is 36.4 Å². The van der Waals surface area contributed by atoms with E-state index in [0.717, 1.165) is 40.1 Å². The normalized spacial score (nSPS) is 11.0. The summed E-state index contributed by atoms with van der Waals surface area (Å²) in [6.45, 7) is 0.655. The summed E-state index contributed by atoms with van der Waals surface area (Å²) in [7, 11) is 0. The lowest BCUT2D eigenvalue weighted by molar-refractivity contribution is 0.281. The highest BCUT2D eigenvalue weighted by atomic mass is 16.5. The molecule has 3 nitrogen and oxygen atoms in total. The third-order valence-electron chi connectivity index (χ3n) is 4.13. The molecule has 3 rings (SSSR count). The smallest absolute Gasteiger partial charge is 0.119 e. The van der Waals surface area contributed by atoms with Gasteiger partial charge < -0.3 is 15.6 Å². The third kappa shape index (κ3) is 4.74. The first-order chi connectivity index (χ1) is 12.8. The number of benzene rings is 3. The van der Waals surface area contributed by atoms with Gasteiger partial charge in [-0.3, -0.25) is 0 Å². The summed E-state index contributed by atoms with van der Waals surface area (Å²) in [6, 6.07) is 23.7. The first kappa shape index (κ1) is 17.8. The number of hydrogen-bond acceptors (Lipinski definition) is 3. The Balaban J connectivity index is 1.53. The van der Waals surface area contributed by atoms with Crippen molar-refractivity contribution in [1.82, 2.24) is 0 Å². The number of nitrogens with two attached hydrogens (primary N) is 1. The molecule has 0 aliphatic carbocycles. The van der Waals surface area contributed by atoms with Crippen LogP contribution in [-0.2, 0) is 6.61 Å². The van der Waals surface area contributed by atoms with Gasteiger partial charge in [-0.05, 0) is 41.3 Å². The molecule has 3 N–H and O–H groups in total. The lowest BCUT2D eigenvalue weighted by Crippen LogP contribution is -1.95.